The number of carbonyl (C=O) groups excluding carboxylic acids is 3. The first-order valence-corrected chi connectivity index (χ1v) is 10.7. The monoisotopic (exact) mass is 466 g/mol. The average molecular weight is 467 g/mol. The highest BCUT2D eigenvalue weighted by Crippen LogP contribution is 2.38. The maximum absolute atomic E-state index is 13.5. The van der Waals surface area contributed by atoms with Gasteiger partial charge < -0.3 is 33.9 Å². The molecular weight excluding hydrogens is 432 g/mol. The fourth-order valence-corrected chi connectivity index (χ4v) is 3.75. The molecule has 0 radical (unpaired) electrons. The van der Waals surface area contributed by atoms with Crippen LogP contribution >= 0.6 is 0 Å². The Bertz CT molecular complexity index is 840. The average Bonchev–Trinajstić information content (AvgIpc) is 3.25. The molecule has 1 heterocycles. The minimum absolute atomic E-state index is 0.110. The lowest BCUT2D eigenvalue weighted by Crippen LogP contribution is -2.53. The molecule has 1 saturated heterocycles. The molecule has 1 aromatic rings. The number of amides is 2. The zero-order valence-electron chi connectivity index (χ0n) is 20.4. The molecule has 2 rings (SSSR count). The predicted molar refractivity (Wildman–Crippen MR) is 120 cm³/mol. The van der Waals surface area contributed by atoms with Crippen LogP contribution in [0.15, 0.2) is 12.1 Å². The Morgan fingerprint density at radius 2 is 1.67 bits per heavy atom. The third-order valence-corrected chi connectivity index (χ3v) is 5.16. The Labute approximate surface area is 194 Å². The van der Waals surface area contributed by atoms with Crippen molar-refractivity contribution in [3.8, 4) is 17.2 Å². The van der Waals surface area contributed by atoms with Gasteiger partial charge in [-0.3, -0.25) is 4.79 Å². The smallest absolute Gasteiger partial charge is 0.408 e. The van der Waals surface area contributed by atoms with Crippen LogP contribution in [-0.4, -0.2) is 75.5 Å². The van der Waals surface area contributed by atoms with Crippen molar-refractivity contribution < 1.29 is 38.1 Å². The number of alkyl carbamates (subject to hydrolysis) is 1. The summed E-state index contributed by atoms with van der Waals surface area (Å²) in [5, 5.41) is 2.66. The van der Waals surface area contributed by atoms with Crippen LogP contribution in [0.4, 0.5) is 4.79 Å². The minimum atomic E-state index is -0.993. The van der Waals surface area contributed by atoms with Crippen molar-refractivity contribution in [1.82, 2.24) is 10.2 Å². The van der Waals surface area contributed by atoms with Crippen LogP contribution in [0.5, 0.6) is 17.2 Å². The van der Waals surface area contributed by atoms with E-state index >= 15 is 0 Å². The standard InChI is InChI=1S/C23H34N2O8/c1-23(2,3)33-22(28)24-15(20(26)25-10-8-9-16(25)21(27)32-7)11-14-12-17(29-4)19(31-6)18(13-14)30-5/h12-13,15-16H,8-11H2,1-7H3,(H,24,28)/t15-,16-/m0/s1. The molecule has 0 aromatic heterocycles. The zero-order valence-corrected chi connectivity index (χ0v) is 20.4. The summed E-state index contributed by atoms with van der Waals surface area (Å²) < 4.78 is 26.4. The molecule has 2 atom stereocenters. The molecule has 1 aromatic carbocycles. The van der Waals surface area contributed by atoms with Gasteiger partial charge in [-0.15, -0.1) is 0 Å². The molecule has 0 unspecified atom stereocenters. The van der Waals surface area contributed by atoms with Gasteiger partial charge in [-0.25, -0.2) is 9.59 Å². The van der Waals surface area contributed by atoms with E-state index in [1.54, 1.807) is 32.9 Å². The number of hydrogen-bond acceptors (Lipinski definition) is 8. The molecule has 1 fully saturated rings. The van der Waals surface area contributed by atoms with Gasteiger partial charge >= 0.3 is 12.1 Å². The van der Waals surface area contributed by atoms with E-state index in [4.69, 9.17) is 23.7 Å². The van der Waals surface area contributed by atoms with Gasteiger partial charge in [-0.05, 0) is 51.3 Å². The van der Waals surface area contributed by atoms with E-state index in [1.807, 2.05) is 0 Å². The predicted octanol–water partition coefficient (Wildman–Crippen LogP) is 2.31. The number of ether oxygens (including phenoxy) is 5. The minimum Gasteiger partial charge on any atom is -0.493 e. The normalized spacial score (nSPS) is 16.6. The van der Waals surface area contributed by atoms with Gasteiger partial charge in [0.1, 0.15) is 17.7 Å². The number of nitrogens with zero attached hydrogens (tertiary/aromatic N) is 1. The summed E-state index contributed by atoms with van der Waals surface area (Å²) in [6.45, 7) is 5.59. The van der Waals surface area contributed by atoms with Crippen LogP contribution in [-0.2, 0) is 25.5 Å². The van der Waals surface area contributed by atoms with Crippen molar-refractivity contribution in [2.45, 2.75) is 57.7 Å². The molecule has 1 aliphatic heterocycles. The molecule has 1 aliphatic rings. The van der Waals surface area contributed by atoms with Crippen LogP contribution in [0.2, 0.25) is 0 Å². The molecule has 0 spiro atoms. The van der Waals surface area contributed by atoms with Gasteiger partial charge in [0.15, 0.2) is 11.5 Å². The van der Waals surface area contributed by atoms with Crippen molar-refractivity contribution in [1.29, 1.82) is 0 Å². The van der Waals surface area contributed by atoms with Crippen molar-refractivity contribution in [2.75, 3.05) is 35.0 Å². The van der Waals surface area contributed by atoms with Crippen LogP contribution in [0, 0.1) is 0 Å². The maximum Gasteiger partial charge on any atom is 0.408 e. The van der Waals surface area contributed by atoms with E-state index < -0.39 is 35.7 Å². The number of benzene rings is 1. The summed E-state index contributed by atoms with van der Waals surface area (Å²) in [7, 11) is 5.77. The Morgan fingerprint density at radius 3 is 2.15 bits per heavy atom. The van der Waals surface area contributed by atoms with E-state index in [0.29, 0.717) is 42.2 Å². The molecular formula is C23H34N2O8. The van der Waals surface area contributed by atoms with E-state index in [2.05, 4.69) is 5.32 Å². The van der Waals surface area contributed by atoms with E-state index in [-0.39, 0.29) is 6.42 Å². The Balaban J connectivity index is 2.38. The number of hydrogen-bond donors (Lipinski definition) is 1. The van der Waals surface area contributed by atoms with Gasteiger partial charge in [0.2, 0.25) is 11.7 Å². The lowest BCUT2D eigenvalue weighted by atomic mass is 10.0. The van der Waals surface area contributed by atoms with Crippen molar-refractivity contribution in [3.63, 3.8) is 0 Å². The van der Waals surface area contributed by atoms with Gasteiger partial charge in [-0.2, -0.15) is 0 Å². The Morgan fingerprint density at radius 1 is 1.06 bits per heavy atom. The molecule has 184 valence electrons. The van der Waals surface area contributed by atoms with Gasteiger partial charge in [0.25, 0.3) is 0 Å². The molecule has 10 nitrogen and oxygen atoms in total. The van der Waals surface area contributed by atoms with E-state index in [9.17, 15) is 14.4 Å². The van der Waals surface area contributed by atoms with Crippen LogP contribution < -0.4 is 19.5 Å². The van der Waals surface area contributed by atoms with Crippen molar-refractivity contribution in [2.24, 2.45) is 0 Å². The molecule has 1 N–H and O–H groups in total. The third-order valence-electron chi connectivity index (χ3n) is 5.16. The van der Waals surface area contributed by atoms with Crippen molar-refractivity contribution >= 4 is 18.0 Å². The first-order valence-electron chi connectivity index (χ1n) is 10.7. The summed E-state index contributed by atoms with van der Waals surface area (Å²) in [5.74, 6) is 0.372. The topological polar surface area (TPSA) is 113 Å². The fraction of sp³-hybridized carbons (Fsp3) is 0.609. The van der Waals surface area contributed by atoms with Crippen LogP contribution in [0.1, 0.15) is 39.2 Å². The van der Waals surface area contributed by atoms with Gasteiger partial charge in [-0.1, -0.05) is 0 Å². The lowest BCUT2D eigenvalue weighted by Gasteiger charge is -2.29. The van der Waals surface area contributed by atoms with Crippen molar-refractivity contribution in [3.05, 3.63) is 17.7 Å². The molecule has 0 saturated carbocycles. The SMILES string of the molecule is COC(=O)[C@@H]1CCCN1C(=O)[C@H](Cc1cc(OC)c(OC)c(OC)c1)NC(=O)OC(C)(C)C. The van der Waals surface area contributed by atoms with Gasteiger partial charge in [0, 0.05) is 13.0 Å². The second-order valence-corrected chi connectivity index (χ2v) is 8.65. The number of likely N-dealkylation sites (tertiary alicyclic amines) is 1. The number of carbonyl (C=O) groups is 3. The summed E-state index contributed by atoms with van der Waals surface area (Å²) in [6, 6.07) is 1.73. The maximum atomic E-state index is 13.5. The largest absolute Gasteiger partial charge is 0.493 e. The third kappa shape index (κ3) is 6.66. The molecule has 0 aliphatic carbocycles. The molecule has 2 amide bonds. The zero-order chi connectivity index (χ0) is 24.8. The summed E-state index contributed by atoms with van der Waals surface area (Å²) in [5.41, 5.74) is -0.0837. The summed E-state index contributed by atoms with van der Waals surface area (Å²) >= 11 is 0. The van der Waals surface area contributed by atoms with E-state index in [1.165, 1.54) is 33.3 Å². The number of nitrogens with one attached hydrogen (secondary N) is 1. The number of rotatable bonds is 8. The Kier molecular flexibility index (Phi) is 8.78. The quantitative estimate of drug-likeness (QED) is 0.581. The van der Waals surface area contributed by atoms with E-state index in [0.717, 1.165) is 0 Å². The second-order valence-electron chi connectivity index (χ2n) is 8.65. The first-order chi connectivity index (χ1) is 15.5. The highest BCUT2D eigenvalue weighted by atomic mass is 16.6. The van der Waals surface area contributed by atoms with Crippen LogP contribution in [0.3, 0.4) is 0 Å². The summed E-state index contributed by atoms with van der Waals surface area (Å²) in [4.78, 5) is 39.6. The highest BCUT2D eigenvalue weighted by Gasteiger charge is 2.39. The number of esters is 1. The first kappa shape index (κ1) is 26.1. The lowest BCUT2D eigenvalue weighted by molar-refractivity contribution is -0.151. The fourth-order valence-electron chi connectivity index (χ4n) is 3.75. The number of methoxy groups -OCH3 is 4. The second kappa shape index (κ2) is 11.1. The highest BCUT2D eigenvalue weighted by molar-refractivity contribution is 5.90. The van der Waals surface area contributed by atoms with Crippen LogP contribution in [0.25, 0.3) is 0 Å². The summed E-state index contributed by atoms with van der Waals surface area (Å²) in [6.07, 6.45) is 0.539. The molecule has 33 heavy (non-hydrogen) atoms. The van der Waals surface area contributed by atoms with Gasteiger partial charge in [0.05, 0.1) is 28.4 Å². The Hall–Kier alpha value is -3.17. The molecule has 10 heteroatoms. The molecule has 0 bridgehead atoms.